The molecule has 1 fully saturated rings. The lowest BCUT2D eigenvalue weighted by Gasteiger charge is -2.18. The first-order valence-corrected chi connectivity index (χ1v) is 8.11. The minimum atomic E-state index is -0.276. The number of nitrogens with one attached hydrogen (secondary N) is 1. The van der Waals surface area contributed by atoms with Crippen molar-refractivity contribution in [3.05, 3.63) is 42.6 Å². The Morgan fingerprint density at radius 1 is 1.12 bits per heavy atom. The Morgan fingerprint density at radius 2 is 1.88 bits per heavy atom. The molecular weight excluding hydrogens is 336 g/mol. The lowest BCUT2D eigenvalue weighted by atomic mass is 10.3. The highest BCUT2D eigenvalue weighted by atomic mass is 16.5. The topological polar surface area (TPSA) is 84.0 Å². The van der Waals surface area contributed by atoms with Crippen LogP contribution in [-0.2, 0) is 4.79 Å². The van der Waals surface area contributed by atoms with Crippen molar-refractivity contribution in [2.75, 3.05) is 44.1 Å². The van der Waals surface area contributed by atoms with Crippen molar-refractivity contribution in [2.24, 2.45) is 0 Å². The van der Waals surface area contributed by atoms with Crippen LogP contribution in [0.1, 0.15) is 0 Å². The molecule has 2 aromatic rings. The normalized spacial score (nSPS) is 13.7. The van der Waals surface area contributed by atoms with Crippen LogP contribution < -0.4 is 19.7 Å². The van der Waals surface area contributed by atoms with Crippen molar-refractivity contribution in [2.45, 2.75) is 0 Å². The van der Waals surface area contributed by atoms with E-state index in [1.165, 1.54) is 18.2 Å². The second-order valence-electron chi connectivity index (χ2n) is 5.69. The zero-order valence-electron chi connectivity index (χ0n) is 14.6. The second-order valence-corrected chi connectivity index (χ2v) is 5.69. The molecule has 8 nitrogen and oxygen atoms in total. The third-order valence-electron chi connectivity index (χ3n) is 4.04. The Morgan fingerprint density at radius 3 is 2.50 bits per heavy atom. The molecule has 1 aromatic heterocycles. The van der Waals surface area contributed by atoms with Crippen LogP contribution in [0.3, 0.4) is 0 Å². The van der Waals surface area contributed by atoms with Gasteiger partial charge >= 0.3 is 6.03 Å². The molecular formula is C18H20N4O4. The number of benzene rings is 1. The van der Waals surface area contributed by atoms with Gasteiger partial charge in [0.25, 0.3) is 0 Å². The van der Waals surface area contributed by atoms with Gasteiger partial charge < -0.3 is 19.7 Å². The number of urea groups is 1. The van der Waals surface area contributed by atoms with E-state index in [1.807, 2.05) is 12.1 Å². The Labute approximate surface area is 151 Å². The van der Waals surface area contributed by atoms with Gasteiger partial charge in [0, 0.05) is 24.8 Å². The number of rotatable bonds is 6. The summed E-state index contributed by atoms with van der Waals surface area (Å²) in [4.78, 5) is 31.9. The summed E-state index contributed by atoms with van der Waals surface area (Å²) in [5.41, 5.74) is 1.33. The molecule has 1 aromatic carbocycles. The highest BCUT2D eigenvalue weighted by Crippen LogP contribution is 2.23. The number of carbonyl (C=O) groups is 2. The summed E-state index contributed by atoms with van der Waals surface area (Å²) in [6, 6.07) is 10.4. The van der Waals surface area contributed by atoms with Crippen molar-refractivity contribution >= 4 is 23.3 Å². The van der Waals surface area contributed by atoms with Crippen LogP contribution in [0.4, 0.5) is 16.2 Å². The van der Waals surface area contributed by atoms with Crippen molar-refractivity contribution in [1.29, 1.82) is 0 Å². The van der Waals surface area contributed by atoms with Crippen molar-refractivity contribution in [1.82, 2.24) is 9.88 Å². The third kappa shape index (κ3) is 3.85. The van der Waals surface area contributed by atoms with Gasteiger partial charge in [0.15, 0.2) is 0 Å². The summed E-state index contributed by atoms with van der Waals surface area (Å²) in [5.74, 6) is 0.916. The highest BCUT2D eigenvalue weighted by Gasteiger charge is 2.30. The quantitative estimate of drug-likeness (QED) is 0.856. The molecule has 0 unspecified atom stereocenters. The van der Waals surface area contributed by atoms with Gasteiger partial charge in [-0.2, -0.15) is 0 Å². The Hall–Kier alpha value is -3.29. The summed E-state index contributed by atoms with van der Waals surface area (Å²) >= 11 is 0. The molecule has 1 aliphatic rings. The van der Waals surface area contributed by atoms with Crippen molar-refractivity contribution in [3.8, 4) is 11.6 Å². The highest BCUT2D eigenvalue weighted by molar-refractivity contribution is 5.99. The van der Waals surface area contributed by atoms with Crippen LogP contribution in [0.25, 0.3) is 0 Å². The molecule has 1 saturated heterocycles. The Balaban J connectivity index is 1.58. The van der Waals surface area contributed by atoms with Gasteiger partial charge in [0.2, 0.25) is 11.8 Å². The number of ether oxygens (including phenoxy) is 2. The summed E-state index contributed by atoms with van der Waals surface area (Å²) in [7, 11) is 3.11. The maximum absolute atomic E-state index is 12.5. The first kappa shape index (κ1) is 17.5. The van der Waals surface area contributed by atoms with E-state index in [2.05, 4.69) is 10.3 Å². The smallest absolute Gasteiger partial charge is 0.325 e. The van der Waals surface area contributed by atoms with Gasteiger partial charge in [-0.15, -0.1) is 0 Å². The predicted octanol–water partition coefficient (Wildman–Crippen LogP) is 1.98. The summed E-state index contributed by atoms with van der Waals surface area (Å²) < 4.78 is 10.1. The number of hydrogen-bond acceptors (Lipinski definition) is 5. The molecule has 136 valence electrons. The van der Waals surface area contributed by atoms with E-state index < -0.39 is 0 Å². The van der Waals surface area contributed by atoms with Gasteiger partial charge in [-0.25, -0.2) is 9.78 Å². The number of aromatic nitrogens is 1. The summed E-state index contributed by atoms with van der Waals surface area (Å²) in [5, 5.41) is 2.72. The van der Waals surface area contributed by atoms with E-state index in [9.17, 15) is 9.59 Å². The average molecular weight is 356 g/mol. The molecule has 8 heteroatoms. The molecule has 0 atom stereocenters. The minimum Gasteiger partial charge on any atom is -0.497 e. The second kappa shape index (κ2) is 7.73. The fourth-order valence-electron chi connectivity index (χ4n) is 2.68. The fraction of sp³-hybridized carbons (Fsp3) is 0.278. The minimum absolute atomic E-state index is 0.0164. The van der Waals surface area contributed by atoms with Crippen molar-refractivity contribution in [3.63, 3.8) is 0 Å². The Kier molecular flexibility index (Phi) is 5.21. The van der Waals surface area contributed by atoms with Crippen LogP contribution in [0.15, 0.2) is 42.6 Å². The van der Waals surface area contributed by atoms with Gasteiger partial charge in [0.05, 0.1) is 26.1 Å². The van der Waals surface area contributed by atoms with Crippen LogP contribution in [0, 0.1) is 0 Å². The molecule has 0 bridgehead atoms. The van der Waals surface area contributed by atoms with Crippen LogP contribution in [0.2, 0.25) is 0 Å². The molecule has 26 heavy (non-hydrogen) atoms. The number of pyridine rings is 1. The Bertz CT molecular complexity index is 777. The number of amides is 3. The van der Waals surface area contributed by atoms with E-state index in [0.29, 0.717) is 24.7 Å². The molecule has 0 spiro atoms. The van der Waals surface area contributed by atoms with E-state index in [0.717, 1.165) is 11.4 Å². The molecule has 1 N–H and O–H groups in total. The van der Waals surface area contributed by atoms with Gasteiger partial charge in [-0.1, -0.05) is 0 Å². The van der Waals surface area contributed by atoms with Gasteiger partial charge in [-0.05, 0) is 30.3 Å². The van der Waals surface area contributed by atoms with Crippen LogP contribution in [0.5, 0.6) is 11.6 Å². The van der Waals surface area contributed by atoms with E-state index in [-0.39, 0.29) is 18.5 Å². The van der Waals surface area contributed by atoms with E-state index in [1.54, 1.807) is 36.3 Å². The van der Waals surface area contributed by atoms with E-state index in [4.69, 9.17) is 9.47 Å². The number of anilines is 2. The first-order chi connectivity index (χ1) is 12.6. The van der Waals surface area contributed by atoms with E-state index >= 15 is 0 Å². The number of nitrogens with zero attached hydrogens (tertiary/aromatic N) is 3. The SMILES string of the molecule is COc1ccc(N2CCN(CC(=O)Nc3ccc(OC)nc3)C2=O)cc1. The maximum atomic E-state index is 12.5. The monoisotopic (exact) mass is 356 g/mol. The maximum Gasteiger partial charge on any atom is 0.325 e. The van der Waals surface area contributed by atoms with Crippen LogP contribution >= 0.6 is 0 Å². The zero-order valence-corrected chi connectivity index (χ0v) is 14.6. The largest absolute Gasteiger partial charge is 0.497 e. The fourth-order valence-corrected chi connectivity index (χ4v) is 2.68. The summed E-state index contributed by atoms with van der Waals surface area (Å²) in [6.07, 6.45) is 1.51. The molecule has 3 amide bonds. The summed E-state index contributed by atoms with van der Waals surface area (Å²) in [6.45, 7) is 0.999. The average Bonchev–Trinajstić information content (AvgIpc) is 3.02. The zero-order chi connectivity index (χ0) is 18.5. The first-order valence-electron chi connectivity index (χ1n) is 8.11. The molecule has 0 saturated carbocycles. The molecule has 2 heterocycles. The number of methoxy groups -OCH3 is 2. The standard InChI is InChI=1S/C18H20N4O4/c1-25-15-6-4-14(5-7-15)22-10-9-21(18(22)24)12-16(23)20-13-3-8-17(26-2)19-11-13/h3-8,11H,9-10,12H2,1-2H3,(H,20,23). The van der Waals surface area contributed by atoms with Gasteiger partial charge in [0.1, 0.15) is 12.3 Å². The molecule has 3 rings (SSSR count). The third-order valence-corrected chi connectivity index (χ3v) is 4.04. The molecule has 0 radical (unpaired) electrons. The lowest BCUT2D eigenvalue weighted by Crippen LogP contribution is -2.37. The predicted molar refractivity (Wildman–Crippen MR) is 96.7 cm³/mol. The van der Waals surface area contributed by atoms with Crippen LogP contribution in [-0.4, -0.2) is 55.7 Å². The lowest BCUT2D eigenvalue weighted by molar-refractivity contribution is -0.116. The van der Waals surface area contributed by atoms with Crippen molar-refractivity contribution < 1.29 is 19.1 Å². The van der Waals surface area contributed by atoms with Gasteiger partial charge in [-0.3, -0.25) is 9.69 Å². The molecule has 0 aliphatic carbocycles. The number of hydrogen-bond donors (Lipinski definition) is 1. The molecule has 1 aliphatic heterocycles. The number of carbonyl (C=O) groups excluding carboxylic acids is 2.